The summed E-state index contributed by atoms with van der Waals surface area (Å²) in [6.07, 6.45) is 0.325. The lowest BCUT2D eigenvalue weighted by molar-refractivity contribution is -0.140. The van der Waals surface area contributed by atoms with Crippen LogP contribution in [-0.4, -0.2) is 22.6 Å². The molecule has 0 atom stereocenters. The Kier molecular flexibility index (Phi) is 3.28. The van der Waals surface area contributed by atoms with E-state index in [1.54, 1.807) is 0 Å². The van der Waals surface area contributed by atoms with Gasteiger partial charge >= 0.3 is 5.97 Å². The predicted octanol–water partition coefficient (Wildman–Crippen LogP) is 2.57. The second-order valence-corrected chi connectivity index (χ2v) is 4.26. The van der Waals surface area contributed by atoms with E-state index in [0.717, 1.165) is 16.6 Å². The number of nitrogens with zero attached hydrogens (tertiary/aromatic N) is 1. The summed E-state index contributed by atoms with van der Waals surface area (Å²) in [6.45, 7) is 2.56. The number of methoxy groups -OCH3 is 1. The van der Waals surface area contributed by atoms with E-state index in [1.807, 2.05) is 29.7 Å². The molecular weight excluding hydrogens is 236 g/mol. The number of carbonyl (C=O) groups excluding carboxylic acids is 1. The van der Waals surface area contributed by atoms with Crippen molar-refractivity contribution in [2.75, 3.05) is 7.11 Å². The summed E-state index contributed by atoms with van der Waals surface area (Å²) in [6, 6.07) is 6.00. The number of aryl methyl sites for hydroxylation is 2. The summed E-state index contributed by atoms with van der Waals surface area (Å²) in [5.41, 5.74) is 3.20. The molecule has 2 rings (SSSR count). The molecule has 2 aromatic rings. The van der Waals surface area contributed by atoms with E-state index in [1.165, 1.54) is 7.11 Å². The van der Waals surface area contributed by atoms with E-state index in [2.05, 4.69) is 9.72 Å². The molecule has 5 heteroatoms. The van der Waals surface area contributed by atoms with Crippen molar-refractivity contribution in [3.63, 3.8) is 0 Å². The van der Waals surface area contributed by atoms with Crippen LogP contribution in [0.3, 0.4) is 0 Å². The third-order valence-corrected chi connectivity index (χ3v) is 3.11. The zero-order chi connectivity index (χ0) is 12.4. The first kappa shape index (κ1) is 11.9. The number of hydrogen-bond acceptors (Lipinski definition) is 3. The molecule has 0 saturated carbocycles. The summed E-state index contributed by atoms with van der Waals surface area (Å²) >= 11 is 5.26. The highest BCUT2D eigenvalue weighted by Gasteiger charge is 2.08. The first-order valence-electron chi connectivity index (χ1n) is 5.38. The number of esters is 1. The Hall–Kier alpha value is -1.62. The van der Waals surface area contributed by atoms with E-state index >= 15 is 0 Å². The number of aromatic nitrogens is 2. The van der Waals surface area contributed by atoms with Gasteiger partial charge in [0.15, 0.2) is 4.77 Å². The predicted molar refractivity (Wildman–Crippen MR) is 68.5 cm³/mol. The maximum absolute atomic E-state index is 11.1. The molecule has 17 heavy (non-hydrogen) atoms. The second kappa shape index (κ2) is 4.71. The lowest BCUT2D eigenvalue weighted by Crippen LogP contribution is -2.06. The van der Waals surface area contributed by atoms with Gasteiger partial charge in [0.2, 0.25) is 0 Å². The Labute approximate surface area is 104 Å². The van der Waals surface area contributed by atoms with Gasteiger partial charge in [-0.3, -0.25) is 4.79 Å². The van der Waals surface area contributed by atoms with Gasteiger partial charge in [-0.15, -0.1) is 0 Å². The van der Waals surface area contributed by atoms with Crippen molar-refractivity contribution >= 4 is 29.2 Å². The van der Waals surface area contributed by atoms with Gasteiger partial charge in [-0.1, -0.05) is 12.1 Å². The molecule has 0 unspecified atom stereocenters. The minimum absolute atomic E-state index is 0.228. The van der Waals surface area contributed by atoms with Gasteiger partial charge in [0, 0.05) is 6.54 Å². The van der Waals surface area contributed by atoms with E-state index in [-0.39, 0.29) is 5.97 Å². The average molecular weight is 250 g/mol. The van der Waals surface area contributed by atoms with Crippen molar-refractivity contribution in [1.82, 2.24) is 9.55 Å². The normalized spacial score (nSPS) is 10.7. The van der Waals surface area contributed by atoms with Gasteiger partial charge in [0.1, 0.15) is 0 Å². The molecule has 0 fully saturated rings. The summed E-state index contributed by atoms with van der Waals surface area (Å²) < 4.78 is 7.19. The number of imidazole rings is 1. The molecule has 4 nitrogen and oxygen atoms in total. The van der Waals surface area contributed by atoms with Crippen molar-refractivity contribution in [3.05, 3.63) is 28.5 Å². The average Bonchev–Trinajstić information content (AvgIpc) is 2.64. The fourth-order valence-electron chi connectivity index (χ4n) is 1.85. The Bertz CT molecular complexity index is 612. The SMILES string of the molecule is COC(=O)CCn1c(=S)[nH]c2c(C)cccc21. The van der Waals surface area contributed by atoms with Gasteiger partial charge in [-0.05, 0) is 30.8 Å². The number of hydrogen-bond donors (Lipinski definition) is 1. The molecule has 0 saturated heterocycles. The number of benzene rings is 1. The largest absolute Gasteiger partial charge is 0.469 e. The number of para-hydroxylation sites is 1. The molecule has 0 amide bonds. The lowest BCUT2D eigenvalue weighted by Gasteiger charge is -2.03. The molecule has 1 heterocycles. The quantitative estimate of drug-likeness (QED) is 0.672. The summed E-state index contributed by atoms with van der Waals surface area (Å²) in [4.78, 5) is 14.3. The van der Waals surface area contributed by atoms with Crippen molar-refractivity contribution in [2.24, 2.45) is 0 Å². The van der Waals surface area contributed by atoms with Gasteiger partial charge in [0.25, 0.3) is 0 Å². The van der Waals surface area contributed by atoms with Gasteiger partial charge in [-0.25, -0.2) is 0 Å². The van der Waals surface area contributed by atoms with E-state index in [0.29, 0.717) is 17.7 Å². The Morgan fingerprint density at radius 1 is 1.53 bits per heavy atom. The highest BCUT2D eigenvalue weighted by Crippen LogP contribution is 2.18. The lowest BCUT2D eigenvalue weighted by atomic mass is 10.2. The fraction of sp³-hybridized carbons (Fsp3) is 0.333. The first-order valence-corrected chi connectivity index (χ1v) is 5.79. The number of nitrogens with one attached hydrogen (secondary N) is 1. The molecule has 0 spiro atoms. The zero-order valence-corrected chi connectivity index (χ0v) is 10.6. The summed E-state index contributed by atoms with van der Waals surface area (Å²) in [5.74, 6) is -0.228. The first-order chi connectivity index (χ1) is 8.13. The molecular formula is C12H14N2O2S. The molecule has 1 aromatic heterocycles. The van der Waals surface area contributed by atoms with E-state index in [4.69, 9.17) is 12.2 Å². The van der Waals surface area contributed by atoms with Crippen molar-refractivity contribution in [3.8, 4) is 0 Å². The molecule has 0 bridgehead atoms. The summed E-state index contributed by atoms with van der Waals surface area (Å²) in [5, 5.41) is 0. The molecule has 0 aliphatic carbocycles. The monoisotopic (exact) mass is 250 g/mol. The third kappa shape index (κ3) is 2.24. The Balaban J connectivity index is 2.40. The number of fused-ring (bicyclic) bond motifs is 1. The number of rotatable bonds is 3. The van der Waals surface area contributed by atoms with Gasteiger partial charge in [0.05, 0.1) is 24.6 Å². The summed E-state index contributed by atoms with van der Waals surface area (Å²) in [7, 11) is 1.39. The Morgan fingerprint density at radius 3 is 3.00 bits per heavy atom. The molecule has 0 aliphatic heterocycles. The van der Waals surface area contributed by atoms with Crippen LogP contribution in [0.2, 0.25) is 0 Å². The van der Waals surface area contributed by atoms with Crippen LogP contribution >= 0.6 is 12.2 Å². The maximum Gasteiger partial charge on any atom is 0.307 e. The smallest absolute Gasteiger partial charge is 0.307 e. The van der Waals surface area contributed by atoms with Crippen LogP contribution in [0.25, 0.3) is 11.0 Å². The highest BCUT2D eigenvalue weighted by molar-refractivity contribution is 7.71. The Morgan fingerprint density at radius 2 is 2.29 bits per heavy atom. The van der Waals surface area contributed by atoms with E-state index in [9.17, 15) is 4.79 Å². The standard InChI is InChI=1S/C12H14N2O2S/c1-8-4-3-5-9-11(8)13-12(17)14(9)7-6-10(15)16-2/h3-5H,6-7H2,1-2H3,(H,13,17). The van der Waals surface area contributed by atoms with Gasteiger partial charge < -0.3 is 14.3 Å². The van der Waals surface area contributed by atoms with Crippen LogP contribution in [0.4, 0.5) is 0 Å². The minimum Gasteiger partial charge on any atom is -0.469 e. The van der Waals surface area contributed by atoms with Crippen molar-refractivity contribution in [1.29, 1.82) is 0 Å². The zero-order valence-electron chi connectivity index (χ0n) is 9.82. The van der Waals surface area contributed by atoms with Crippen molar-refractivity contribution in [2.45, 2.75) is 19.9 Å². The van der Waals surface area contributed by atoms with Crippen LogP contribution < -0.4 is 0 Å². The fourth-order valence-corrected chi connectivity index (χ4v) is 2.14. The number of carbonyl (C=O) groups is 1. The molecule has 1 N–H and O–H groups in total. The maximum atomic E-state index is 11.1. The molecule has 0 radical (unpaired) electrons. The minimum atomic E-state index is -0.228. The molecule has 90 valence electrons. The molecule has 1 aromatic carbocycles. The van der Waals surface area contributed by atoms with Crippen LogP contribution in [-0.2, 0) is 16.1 Å². The topological polar surface area (TPSA) is 47.0 Å². The number of aromatic amines is 1. The van der Waals surface area contributed by atoms with Crippen molar-refractivity contribution < 1.29 is 9.53 Å². The number of H-pyrrole nitrogens is 1. The van der Waals surface area contributed by atoms with Gasteiger partial charge in [-0.2, -0.15) is 0 Å². The third-order valence-electron chi connectivity index (χ3n) is 2.79. The second-order valence-electron chi connectivity index (χ2n) is 3.88. The van der Waals surface area contributed by atoms with Crippen LogP contribution in [0.15, 0.2) is 18.2 Å². The van der Waals surface area contributed by atoms with Crippen LogP contribution in [0, 0.1) is 11.7 Å². The van der Waals surface area contributed by atoms with Crippen LogP contribution in [0.1, 0.15) is 12.0 Å². The van der Waals surface area contributed by atoms with E-state index < -0.39 is 0 Å². The number of ether oxygens (including phenoxy) is 1. The highest BCUT2D eigenvalue weighted by atomic mass is 32.1. The molecule has 0 aliphatic rings. The van der Waals surface area contributed by atoms with Crippen LogP contribution in [0.5, 0.6) is 0 Å².